The standard InChI is InChI=1S/C21H27N3O4/c1-14(2)12-19(16-8-6-5-7-9-16)22-15(3)21(25)23-18-11-10-17(24(26)27)13-20(18)28-4/h5-11,13-15,19,22H,12H2,1-4H3,(H,23,25)/p+1/t15-,19+/m1/s1. The van der Waals surface area contributed by atoms with E-state index in [1.165, 1.54) is 30.9 Å². The highest BCUT2D eigenvalue weighted by molar-refractivity contribution is 5.95. The van der Waals surface area contributed by atoms with E-state index in [1.54, 1.807) is 0 Å². The number of non-ortho nitro benzene ring substituents is 1. The van der Waals surface area contributed by atoms with Crippen molar-refractivity contribution in [2.45, 2.75) is 39.3 Å². The number of nitrogens with two attached hydrogens (primary N) is 1. The third-order valence-electron chi connectivity index (χ3n) is 4.54. The van der Waals surface area contributed by atoms with Crippen molar-refractivity contribution in [1.82, 2.24) is 0 Å². The van der Waals surface area contributed by atoms with E-state index in [9.17, 15) is 14.9 Å². The van der Waals surface area contributed by atoms with Crippen LogP contribution in [0.1, 0.15) is 38.8 Å². The van der Waals surface area contributed by atoms with Crippen molar-refractivity contribution in [3.63, 3.8) is 0 Å². The molecule has 0 heterocycles. The largest absolute Gasteiger partial charge is 0.494 e. The van der Waals surface area contributed by atoms with Crippen LogP contribution in [0.15, 0.2) is 48.5 Å². The highest BCUT2D eigenvalue weighted by Crippen LogP contribution is 2.29. The highest BCUT2D eigenvalue weighted by Gasteiger charge is 2.25. The molecule has 1 amide bonds. The SMILES string of the molecule is COc1cc([N+](=O)[O-])ccc1NC(=O)[C@@H](C)[NH2+][C@@H](CC(C)C)c1ccccc1. The molecule has 0 bridgehead atoms. The second-order valence-corrected chi connectivity index (χ2v) is 7.26. The molecule has 2 rings (SSSR count). The lowest BCUT2D eigenvalue weighted by Gasteiger charge is -2.22. The van der Waals surface area contributed by atoms with Gasteiger partial charge in [-0.3, -0.25) is 14.9 Å². The number of methoxy groups -OCH3 is 1. The Morgan fingerprint density at radius 2 is 1.86 bits per heavy atom. The summed E-state index contributed by atoms with van der Waals surface area (Å²) >= 11 is 0. The molecule has 2 atom stereocenters. The molecule has 0 aliphatic rings. The van der Waals surface area contributed by atoms with Gasteiger partial charge < -0.3 is 15.4 Å². The maximum atomic E-state index is 12.7. The number of hydrogen-bond acceptors (Lipinski definition) is 4. The van der Waals surface area contributed by atoms with E-state index in [0.717, 1.165) is 6.42 Å². The first-order valence-electron chi connectivity index (χ1n) is 9.35. The van der Waals surface area contributed by atoms with Gasteiger partial charge in [-0.2, -0.15) is 0 Å². The molecular formula is C21H28N3O4+. The van der Waals surface area contributed by atoms with Crippen LogP contribution in [0.3, 0.4) is 0 Å². The van der Waals surface area contributed by atoms with E-state index in [2.05, 4.69) is 36.6 Å². The van der Waals surface area contributed by atoms with Gasteiger partial charge in [0.25, 0.3) is 11.6 Å². The van der Waals surface area contributed by atoms with Crippen LogP contribution in [-0.2, 0) is 4.79 Å². The summed E-state index contributed by atoms with van der Waals surface area (Å²) in [5, 5.41) is 15.8. The first kappa shape index (κ1) is 21.4. The molecule has 7 nitrogen and oxygen atoms in total. The molecule has 7 heteroatoms. The number of ether oxygens (including phenoxy) is 1. The van der Waals surface area contributed by atoms with Crippen LogP contribution in [0.2, 0.25) is 0 Å². The van der Waals surface area contributed by atoms with Crippen LogP contribution in [-0.4, -0.2) is 24.0 Å². The Balaban J connectivity index is 2.11. The van der Waals surface area contributed by atoms with Crippen LogP contribution in [0, 0.1) is 16.0 Å². The molecule has 0 aliphatic carbocycles. The van der Waals surface area contributed by atoms with E-state index in [-0.39, 0.29) is 29.4 Å². The highest BCUT2D eigenvalue weighted by atomic mass is 16.6. The zero-order valence-corrected chi connectivity index (χ0v) is 16.7. The number of nitro groups is 1. The molecule has 0 radical (unpaired) electrons. The third-order valence-corrected chi connectivity index (χ3v) is 4.54. The van der Waals surface area contributed by atoms with Crippen molar-refractivity contribution >= 4 is 17.3 Å². The van der Waals surface area contributed by atoms with Crippen molar-refractivity contribution in [2.24, 2.45) is 5.92 Å². The number of anilines is 1. The quantitative estimate of drug-likeness (QED) is 0.510. The lowest BCUT2D eigenvalue weighted by molar-refractivity contribution is -0.714. The van der Waals surface area contributed by atoms with E-state index in [1.807, 2.05) is 25.1 Å². The Hall–Kier alpha value is -2.93. The molecule has 0 aromatic heterocycles. The minimum atomic E-state index is -0.499. The maximum absolute atomic E-state index is 12.7. The second kappa shape index (κ2) is 9.85. The van der Waals surface area contributed by atoms with E-state index < -0.39 is 4.92 Å². The van der Waals surface area contributed by atoms with Gasteiger partial charge in [-0.1, -0.05) is 44.2 Å². The summed E-state index contributed by atoms with van der Waals surface area (Å²) in [6.07, 6.45) is 0.947. The first-order chi connectivity index (χ1) is 13.3. The van der Waals surface area contributed by atoms with Crippen LogP contribution in [0.25, 0.3) is 0 Å². The Kier molecular flexibility index (Phi) is 7.52. The molecule has 0 unspecified atom stereocenters. The van der Waals surface area contributed by atoms with Gasteiger partial charge in [0.15, 0.2) is 6.04 Å². The van der Waals surface area contributed by atoms with Gasteiger partial charge in [0, 0.05) is 18.1 Å². The predicted molar refractivity (Wildman–Crippen MR) is 108 cm³/mol. The van der Waals surface area contributed by atoms with Crippen molar-refractivity contribution in [2.75, 3.05) is 12.4 Å². The summed E-state index contributed by atoms with van der Waals surface area (Å²) in [6.45, 7) is 6.18. The van der Waals surface area contributed by atoms with Crippen molar-refractivity contribution < 1.29 is 19.8 Å². The minimum Gasteiger partial charge on any atom is -0.494 e. The van der Waals surface area contributed by atoms with Gasteiger partial charge in [-0.25, -0.2) is 0 Å². The van der Waals surface area contributed by atoms with Gasteiger partial charge in [0.05, 0.1) is 23.8 Å². The van der Waals surface area contributed by atoms with Gasteiger partial charge in [-0.15, -0.1) is 0 Å². The molecule has 0 fully saturated rings. The average Bonchev–Trinajstić information content (AvgIpc) is 2.67. The molecule has 2 aromatic carbocycles. The number of nitrogens with one attached hydrogen (secondary N) is 1. The zero-order valence-electron chi connectivity index (χ0n) is 16.7. The Bertz CT molecular complexity index is 809. The monoisotopic (exact) mass is 386 g/mol. The van der Waals surface area contributed by atoms with E-state index in [4.69, 9.17) is 4.74 Å². The van der Waals surface area contributed by atoms with E-state index >= 15 is 0 Å². The molecule has 0 spiro atoms. The number of quaternary nitrogens is 1. The number of hydrogen-bond donors (Lipinski definition) is 2. The molecule has 28 heavy (non-hydrogen) atoms. The number of nitro benzene ring substituents is 1. The summed E-state index contributed by atoms with van der Waals surface area (Å²) in [6, 6.07) is 14.1. The lowest BCUT2D eigenvalue weighted by Crippen LogP contribution is -2.92. The molecule has 2 aromatic rings. The fraction of sp³-hybridized carbons (Fsp3) is 0.381. The Morgan fingerprint density at radius 1 is 1.18 bits per heavy atom. The van der Waals surface area contributed by atoms with Crippen molar-refractivity contribution in [1.29, 1.82) is 0 Å². The smallest absolute Gasteiger partial charge is 0.282 e. The molecule has 3 N–H and O–H groups in total. The molecule has 0 saturated carbocycles. The average molecular weight is 386 g/mol. The molecule has 0 aliphatic heterocycles. The number of nitrogens with zero attached hydrogens (tertiary/aromatic N) is 1. The second-order valence-electron chi connectivity index (χ2n) is 7.26. The van der Waals surface area contributed by atoms with Crippen LogP contribution < -0.4 is 15.4 Å². The first-order valence-corrected chi connectivity index (χ1v) is 9.35. The number of rotatable bonds is 9. The maximum Gasteiger partial charge on any atom is 0.282 e. The van der Waals surface area contributed by atoms with Crippen LogP contribution in [0.4, 0.5) is 11.4 Å². The predicted octanol–water partition coefficient (Wildman–Crippen LogP) is 3.28. The third kappa shape index (κ3) is 5.79. The van der Waals surface area contributed by atoms with Gasteiger partial charge in [0.1, 0.15) is 11.8 Å². The Labute approximate surface area is 165 Å². The van der Waals surface area contributed by atoms with Crippen molar-refractivity contribution in [3.05, 3.63) is 64.2 Å². The van der Waals surface area contributed by atoms with Crippen LogP contribution >= 0.6 is 0 Å². The van der Waals surface area contributed by atoms with Crippen molar-refractivity contribution in [3.8, 4) is 5.75 Å². The summed E-state index contributed by atoms with van der Waals surface area (Å²) < 4.78 is 5.19. The molecule has 0 saturated heterocycles. The fourth-order valence-corrected chi connectivity index (χ4v) is 3.11. The van der Waals surface area contributed by atoms with E-state index in [0.29, 0.717) is 11.6 Å². The zero-order chi connectivity index (χ0) is 20.7. The number of amides is 1. The lowest BCUT2D eigenvalue weighted by atomic mass is 9.96. The topological polar surface area (TPSA) is 98.1 Å². The molecule has 150 valence electrons. The van der Waals surface area contributed by atoms with Gasteiger partial charge in [0.2, 0.25) is 0 Å². The number of carbonyl (C=O) groups excluding carboxylic acids is 1. The number of benzene rings is 2. The van der Waals surface area contributed by atoms with Crippen LogP contribution in [0.5, 0.6) is 5.75 Å². The molecular weight excluding hydrogens is 358 g/mol. The minimum absolute atomic E-state index is 0.0875. The summed E-state index contributed by atoms with van der Waals surface area (Å²) in [5.74, 6) is 0.569. The van der Waals surface area contributed by atoms with Gasteiger partial charge >= 0.3 is 0 Å². The van der Waals surface area contributed by atoms with Gasteiger partial charge in [-0.05, 0) is 18.9 Å². The number of carbonyl (C=O) groups is 1. The normalized spacial score (nSPS) is 13.0. The summed E-state index contributed by atoms with van der Waals surface area (Å²) in [7, 11) is 1.42. The Morgan fingerprint density at radius 3 is 2.43 bits per heavy atom. The summed E-state index contributed by atoms with van der Waals surface area (Å²) in [4.78, 5) is 23.1. The fourth-order valence-electron chi connectivity index (χ4n) is 3.11. The summed E-state index contributed by atoms with van der Waals surface area (Å²) in [5.41, 5.74) is 1.51.